The van der Waals surface area contributed by atoms with Crippen LogP contribution in [0.15, 0.2) is 106 Å². The highest BCUT2D eigenvalue weighted by Gasteiger charge is 2.27. The van der Waals surface area contributed by atoms with Crippen LogP contribution in [0.5, 0.6) is 11.5 Å². The van der Waals surface area contributed by atoms with Gasteiger partial charge in [0.15, 0.2) is 6.61 Å². The van der Waals surface area contributed by atoms with E-state index in [1.165, 1.54) is 24.6 Å². The van der Waals surface area contributed by atoms with E-state index in [1.54, 1.807) is 72.8 Å². The van der Waals surface area contributed by atoms with Gasteiger partial charge in [0.25, 0.3) is 21.8 Å². The van der Waals surface area contributed by atoms with Gasteiger partial charge in [0.1, 0.15) is 23.8 Å². The molecule has 0 bridgehead atoms. The lowest BCUT2D eigenvalue weighted by molar-refractivity contribution is -0.123. The van der Waals surface area contributed by atoms with E-state index in [0.717, 1.165) is 9.87 Å². The number of furan rings is 1. The van der Waals surface area contributed by atoms with Crippen molar-refractivity contribution in [2.75, 3.05) is 24.1 Å². The van der Waals surface area contributed by atoms with Crippen molar-refractivity contribution < 1.29 is 31.9 Å². The number of nitrogens with zero attached hydrogens (tertiary/aromatic N) is 2. The molecule has 0 aliphatic rings. The number of benzene rings is 3. The Bertz CT molecular complexity index is 1620. The zero-order chi connectivity index (χ0) is 30.7. The molecule has 1 heterocycles. The van der Waals surface area contributed by atoms with Gasteiger partial charge in [0.2, 0.25) is 0 Å². The number of hydrogen-bond donors (Lipinski definition) is 2. The first-order valence-corrected chi connectivity index (χ1v) is 14.8. The average Bonchev–Trinajstić information content (AvgIpc) is 3.53. The van der Waals surface area contributed by atoms with E-state index < -0.39 is 22.5 Å². The van der Waals surface area contributed by atoms with Crippen molar-refractivity contribution in [2.45, 2.75) is 25.3 Å². The van der Waals surface area contributed by atoms with Crippen molar-refractivity contribution >= 4 is 33.7 Å². The highest BCUT2D eigenvalue weighted by Crippen LogP contribution is 2.25. The summed E-state index contributed by atoms with van der Waals surface area (Å²) < 4.78 is 44.2. The lowest BCUT2D eigenvalue weighted by Crippen LogP contribution is -2.39. The Morgan fingerprint density at radius 3 is 2.23 bits per heavy atom. The Morgan fingerprint density at radius 2 is 1.58 bits per heavy atom. The predicted molar refractivity (Wildman–Crippen MR) is 162 cm³/mol. The second-order valence-corrected chi connectivity index (χ2v) is 11.1. The second-order valence-electron chi connectivity index (χ2n) is 9.26. The van der Waals surface area contributed by atoms with Crippen molar-refractivity contribution in [1.29, 1.82) is 0 Å². The molecule has 4 aromatic rings. The number of hydrogen-bond acceptors (Lipinski definition) is 8. The average molecular weight is 605 g/mol. The van der Waals surface area contributed by atoms with Gasteiger partial charge in [-0.05, 0) is 92.2 Å². The van der Waals surface area contributed by atoms with Crippen LogP contribution in [0.3, 0.4) is 0 Å². The summed E-state index contributed by atoms with van der Waals surface area (Å²) in [6.45, 7) is 3.78. The maximum absolute atomic E-state index is 13.6. The number of aryl methyl sites for hydroxylation is 1. The molecule has 1 aromatic heterocycles. The molecule has 2 N–H and O–H groups in total. The molecule has 12 heteroatoms. The topological polar surface area (TPSA) is 140 Å². The Kier molecular flexibility index (Phi) is 10.5. The van der Waals surface area contributed by atoms with Crippen molar-refractivity contribution in [3.63, 3.8) is 0 Å². The standard InChI is InChI=1S/C31H32N4O7S/c1-3-40-26-14-16-29(17-15-26)43(38,39)35(25-10-6-23(2)7-11-25)21-30(36)34-33-19-24-8-12-27(13-9-24)42-22-31(37)32-20-28-5-4-18-41-28/h4-19H,3,20-22H2,1-2H3,(H,32,37)(H,34,36)/b33-19-. The summed E-state index contributed by atoms with van der Waals surface area (Å²) in [6.07, 6.45) is 2.94. The van der Waals surface area contributed by atoms with Crippen LogP contribution in [0, 0.1) is 6.92 Å². The molecule has 0 fully saturated rings. The summed E-state index contributed by atoms with van der Waals surface area (Å²) >= 11 is 0. The summed E-state index contributed by atoms with van der Waals surface area (Å²) in [4.78, 5) is 24.8. The van der Waals surface area contributed by atoms with E-state index in [-0.39, 0.29) is 24.0 Å². The van der Waals surface area contributed by atoms with Gasteiger partial charge in [0, 0.05) is 0 Å². The Labute approximate surface area is 250 Å². The van der Waals surface area contributed by atoms with Gasteiger partial charge >= 0.3 is 0 Å². The minimum atomic E-state index is -4.08. The molecule has 0 radical (unpaired) electrons. The molecule has 0 spiro atoms. The van der Waals surface area contributed by atoms with Crippen LogP contribution in [0.1, 0.15) is 23.8 Å². The van der Waals surface area contributed by atoms with Crippen molar-refractivity contribution in [3.05, 3.63) is 108 Å². The van der Waals surface area contributed by atoms with Gasteiger partial charge in [-0.25, -0.2) is 13.8 Å². The lowest BCUT2D eigenvalue weighted by Gasteiger charge is -2.24. The van der Waals surface area contributed by atoms with Gasteiger partial charge in [-0.1, -0.05) is 17.7 Å². The fourth-order valence-corrected chi connectivity index (χ4v) is 5.24. The first kappa shape index (κ1) is 30.8. The Balaban J connectivity index is 1.34. The van der Waals surface area contributed by atoms with Crippen LogP contribution in [-0.2, 0) is 26.2 Å². The molecule has 11 nitrogen and oxygen atoms in total. The second kappa shape index (κ2) is 14.7. The van der Waals surface area contributed by atoms with Crippen molar-refractivity contribution in [2.24, 2.45) is 5.10 Å². The SMILES string of the molecule is CCOc1ccc(S(=O)(=O)N(CC(=O)N/N=C\c2ccc(OCC(=O)NCc3ccco3)cc2)c2ccc(C)cc2)cc1. The van der Waals surface area contributed by atoms with E-state index in [2.05, 4.69) is 15.8 Å². The van der Waals surface area contributed by atoms with E-state index in [4.69, 9.17) is 13.9 Å². The molecule has 43 heavy (non-hydrogen) atoms. The highest BCUT2D eigenvalue weighted by atomic mass is 32.2. The van der Waals surface area contributed by atoms with Crippen LogP contribution < -0.4 is 24.5 Å². The number of rotatable bonds is 14. The zero-order valence-corrected chi connectivity index (χ0v) is 24.5. The molecule has 224 valence electrons. The molecule has 4 rings (SSSR count). The lowest BCUT2D eigenvalue weighted by atomic mass is 10.2. The third-order valence-corrected chi connectivity index (χ3v) is 7.81. The van der Waals surface area contributed by atoms with Gasteiger partial charge in [-0.15, -0.1) is 0 Å². The van der Waals surface area contributed by atoms with E-state index >= 15 is 0 Å². The quantitative estimate of drug-likeness (QED) is 0.164. The molecule has 0 aliphatic carbocycles. The minimum Gasteiger partial charge on any atom is -0.494 e. The molecular formula is C31H32N4O7S. The minimum absolute atomic E-state index is 0.0187. The third-order valence-electron chi connectivity index (χ3n) is 6.02. The first-order valence-electron chi connectivity index (χ1n) is 13.4. The molecule has 0 saturated carbocycles. The number of hydrazone groups is 1. The van der Waals surface area contributed by atoms with Gasteiger partial charge in [-0.2, -0.15) is 5.10 Å². The van der Waals surface area contributed by atoms with Crippen LogP contribution in [-0.4, -0.2) is 46.2 Å². The normalized spacial score (nSPS) is 11.2. The maximum atomic E-state index is 13.6. The van der Waals surface area contributed by atoms with Crippen LogP contribution in [0.4, 0.5) is 5.69 Å². The number of nitrogens with one attached hydrogen (secondary N) is 2. The van der Waals surface area contributed by atoms with Crippen molar-refractivity contribution in [3.8, 4) is 11.5 Å². The summed E-state index contributed by atoms with van der Waals surface area (Å²) in [6, 6.07) is 23.1. The Morgan fingerprint density at radius 1 is 0.907 bits per heavy atom. The van der Waals surface area contributed by atoms with E-state index in [9.17, 15) is 18.0 Å². The number of amides is 2. The summed E-state index contributed by atoms with van der Waals surface area (Å²) in [5, 5.41) is 6.66. The van der Waals surface area contributed by atoms with E-state index in [0.29, 0.717) is 35.1 Å². The predicted octanol–water partition coefficient (Wildman–Crippen LogP) is 4.03. The molecule has 2 amide bonds. The number of ether oxygens (including phenoxy) is 2. The molecule has 0 aliphatic heterocycles. The molecule has 0 saturated heterocycles. The zero-order valence-electron chi connectivity index (χ0n) is 23.7. The molecular weight excluding hydrogens is 572 g/mol. The van der Waals surface area contributed by atoms with Gasteiger partial charge in [0.05, 0.1) is 36.2 Å². The number of carbonyl (C=O) groups excluding carboxylic acids is 2. The fraction of sp³-hybridized carbons (Fsp3) is 0.194. The smallest absolute Gasteiger partial charge is 0.264 e. The van der Waals surface area contributed by atoms with Gasteiger partial charge < -0.3 is 19.2 Å². The highest BCUT2D eigenvalue weighted by molar-refractivity contribution is 7.92. The summed E-state index contributed by atoms with van der Waals surface area (Å²) in [7, 11) is -4.08. The number of carbonyl (C=O) groups is 2. The Hall–Kier alpha value is -5.10. The summed E-state index contributed by atoms with van der Waals surface area (Å²) in [5.41, 5.74) is 4.31. The number of anilines is 1. The molecule has 3 aromatic carbocycles. The molecule has 0 atom stereocenters. The maximum Gasteiger partial charge on any atom is 0.264 e. The largest absolute Gasteiger partial charge is 0.494 e. The monoisotopic (exact) mass is 604 g/mol. The first-order chi connectivity index (χ1) is 20.7. The number of sulfonamides is 1. The summed E-state index contributed by atoms with van der Waals surface area (Å²) in [5.74, 6) is 0.728. The van der Waals surface area contributed by atoms with Gasteiger partial charge in [-0.3, -0.25) is 13.9 Å². The fourth-order valence-electron chi connectivity index (χ4n) is 3.82. The third kappa shape index (κ3) is 8.94. The van der Waals surface area contributed by atoms with Crippen LogP contribution in [0.2, 0.25) is 0 Å². The molecule has 0 unspecified atom stereocenters. The van der Waals surface area contributed by atoms with Crippen LogP contribution in [0.25, 0.3) is 0 Å². The van der Waals surface area contributed by atoms with E-state index in [1.807, 2.05) is 13.8 Å². The van der Waals surface area contributed by atoms with Crippen molar-refractivity contribution in [1.82, 2.24) is 10.7 Å². The van der Waals surface area contributed by atoms with Crippen LogP contribution >= 0.6 is 0 Å².